The lowest BCUT2D eigenvalue weighted by atomic mass is 9.54. The van der Waals surface area contributed by atoms with Crippen molar-refractivity contribution in [2.45, 2.75) is 51.4 Å². The van der Waals surface area contributed by atoms with Crippen molar-refractivity contribution in [3.63, 3.8) is 0 Å². The molecule has 0 amide bonds. The van der Waals surface area contributed by atoms with Crippen molar-refractivity contribution in [2.24, 2.45) is 17.8 Å². The van der Waals surface area contributed by atoms with Crippen molar-refractivity contribution in [1.29, 1.82) is 5.26 Å². The second kappa shape index (κ2) is 12.9. The maximum absolute atomic E-state index is 9.93. The molecule has 0 N–H and O–H groups in total. The van der Waals surface area contributed by atoms with Gasteiger partial charge in [0.05, 0.1) is 11.6 Å². The molecule has 1 heterocycles. The number of hydrogen-bond acceptors (Lipinski definition) is 4. The maximum atomic E-state index is 9.93. The fourth-order valence-electron chi connectivity index (χ4n) is 9.05. The monoisotopic (exact) mass is 636 g/mol. The van der Waals surface area contributed by atoms with E-state index in [4.69, 9.17) is 15.0 Å². The average molecular weight is 637 g/mol. The molecule has 0 spiro atoms. The van der Waals surface area contributed by atoms with Crippen LogP contribution in [0.25, 0.3) is 56.4 Å². The molecule has 1 aromatic heterocycles. The van der Waals surface area contributed by atoms with Crippen LogP contribution in [0.15, 0.2) is 127 Å². The Morgan fingerprint density at radius 3 is 1.65 bits per heavy atom. The van der Waals surface area contributed by atoms with Crippen LogP contribution in [0.2, 0.25) is 0 Å². The highest BCUT2D eigenvalue weighted by Gasteiger charge is 2.45. The van der Waals surface area contributed by atoms with Crippen molar-refractivity contribution in [3.05, 3.63) is 139 Å². The Morgan fingerprint density at radius 2 is 1.02 bits per heavy atom. The third kappa shape index (κ3) is 5.95. The molecule has 0 aliphatic heterocycles. The number of hydrogen-bond donors (Lipinski definition) is 0. The number of nitrogens with zero attached hydrogens (tertiary/aromatic N) is 4. The van der Waals surface area contributed by atoms with E-state index in [-0.39, 0.29) is 0 Å². The van der Waals surface area contributed by atoms with E-state index >= 15 is 0 Å². The molecule has 4 nitrogen and oxygen atoms in total. The fraction of sp³-hybridized carbons (Fsp3) is 0.244. The highest BCUT2D eigenvalue weighted by atomic mass is 15.0. The largest absolute Gasteiger partial charge is 0.208 e. The van der Waals surface area contributed by atoms with Crippen LogP contribution in [0, 0.1) is 29.1 Å². The molecule has 2 aliphatic rings. The Morgan fingerprint density at radius 1 is 0.510 bits per heavy atom. The first kappa shape index (κ1) is 30.9. The highest BCUT2D eigenvalue weighted by Crippen LogP contribution is 2.54. The van der Waals surface area contributed by atoms with Crippen molar-refractivity contribution < 1.29 is 0 Å². The summed E-state index contributed by atoms with van der Waals surface area (Å²) < 4.78 is 0. The summed E-state index contributed by atoms with van der Waals surface area (Å²) in [6.45, 7) is 4.91. The third-order valence-electron chi connectivity index (χ3n) is 10.8. The summed E-state index contributed by atoms with van der Waals surface area (Å²) in [5.74, 6) is 4.22. The van der Waals surface area contributed by atoms with Gasteiger partial charge in [-0.15, -0.1) is 0 Å². The van der Waals surface area contributed by atoms with Gasteiger partial charge in [0.2, 0.25) is 0 Å². The molecular weight excluding hydrogens is 597 g/mol. The predicted octanol–water partition coefficient (Wildman–Crippen LogP) is 11.2. The van der Waals surface area contributed by atoms with Gasteiger partial charge in [-0.2, -0.15) is 5.26 Å². The number of fused-ring (bicyclic) bond motifs is 2. The summed E-state index contributed by atoms with van der Waals surface area (Å²) in [5, 5.41) is 9.93. The molecule has 240 valence electrons. The fourth-order valence-corrected chi connectivity index (χ4v) is 9.05. The van der Waals surface area contributed by atoms with Gasteiger partial charge >= 0.3 is 0 Å². The molecule has 4 heteroatoms. The van der Waals surface area contributed by atoms with Crippen LogP contribution in [0.5, 0.6) is 0 Å². The van der Waals surface area contributed by atoms with E-state index in [0.29, 0.717) is 28.5 Å². The minimum absolute atomic E-state index is 0.295. The lowest BCUT2D eigenvalue weighted by molar-refractivity contribution is 0.0780. The van der Waals surface area contributed by atoms with Gasteiger partial charge in [-0.25, -0.2) is 15.0 Å². The number of rotatable bonds is 6. The molecule has 2 fully saturated rings. The van der Waals surface area contributed by atoms with Crippen molar-refractivity contribution in [3.8, 4) is 62.5 Å². The van der Waals surface area contributed by atoms with Crippen molar-refractivity contribution in [2.75, 3.05) is 0 Å². The predicted molar refractivity (Wildman–Crippen MR) is 198 cm³/mol. The van der Waals surface area contributed by atoms with Crippen LogP contribution in [-0.4, -0.2) is 15.0 Å². The zero-order valence-electron chi connectivity index (χ0n) is 28.2. The van der Waals surface area contributed by atoms with Crippen LogP contribution in [0.1, 0.15) is 57.1 Å². The second-order valence-corrected chi connectivity index (χ2v) is 14.4. The van der Waals surface area contributed by atoms with Crippen LogP contribution in [0.3, 0.4) is 0 Å². The zero-order valence-corrected chi connectivity index (χ0v) is 28.2. The average Bonchev–Trinajstić information content (AvgIpc) is 3.14. The molecule has 2 bridgehead atoms. The van der Waals surface area contributed by atoms with E-state index < -0.39 is 0 Å². The van der Waals surface area contributed by atoms with Gasteiger partial charge in [0.15, 0.2) is 17.5 Å². The normalized spacial score (nSPS) is 21.5. The van der Waals surface area contributed by atoms with Gasteiger partial charge < -0.3 is 0 Å². The summed E-state index contributed by atoms with van der Waals surface area (Å²) in [6.07, 6.45) is 6.67. The Bertz CT molecular complexity index is 2140. The molecule has 2 aliphatic carbocycles. The van der Waals surface area contributed by atoms with E-state index in [2.05, 4.69) is 68.4 Å². The summed E-state index contributed by atoms with van der Waals surface area (Å²) in [4.78, 5) is 15.3. The van der Waals surface area contributed by atoms with Gasteiger partial charge in [-0.3, -0.25) is 0 Å². The highest BCUT2D eigenvalue weighted by molar-refractivity contribution is 5.86. The number of nitriles is 1. The van der Waals surface area contributed by atoms with Gasteiger partial charge in [0.25, 0.3) is 0 Å². The van der Waals surface area contributed by atoms with E-state index in [9.17, 15) is 5.26 Å². The summed E-state index contributed by atoms with van der Waals surface area (Å²) in [6, 6.07) is 46.1. The topological polar surface area (TPSA) is 62.5 Å². The van der Waals surface area contributed by atoms with Crippen LogP contribution < -0.4 is 0 Å². The first-order valence-electron chi connectivity index (χ1n) is 17.6. The van der Waals surface area contributed by atoms with Crippen LogP contribution in [-0.2, 0) is 5.41 Å². The van der Waals surface area contributed by atoms with Gasteiger partial charge in [0, 0.05) is 22.3 Å². The maximum Gasteiger partial charge on any atom is 0.164 e. The third-order valence-corrected chi connectivity index (χ3v) is 10.8. The smallest absolute Gasteiger partial charge is 0.164 e. The van der Waals surface area contributed by atoms with E-state index in [1.807, 2.05) is 78.9 Å². The Hall–Kier alpha value is -5.40. The van der Waals surface area contributed by atoms with E-state index in [1.165, 1.54) is 37.7 Å². The molecule has 2 unspecified atom stereocenters. The minimum atomic E-state index is 0.295. The van der Waals surface area contributed by atoms with E-state index in [0.717, 1.165) is 56.7 Å². The van der Waals surface area contributed by atoms with Crippen molar-refractivity contribution >= 4 is 0 Å². The molecule has 6 aromatic rings. The standard InChI is InChI=1S/C45H40N4/c1-30-24-32-25-31(2)27-45(26-30,28-32)36-22-20-33(21-23-36)37-15-8-10-18-40(37)43-47-42(34-12-4-3-5-13-34)48-44(49-43)41-19-11-9-17-39(41)38-16-7-6-14-35(38)29-46/h3-23,30-32H,24-28H2,1-2H3/t30-,31+,32?,45?. The molecule has 0 saturated heterocycles. The van der Waals surface area contributed by atoms with Crippen LogP contribution >= 0.6 is 0 Å². The Labute approximate surface area is 289 Å². The summed E-state index contributed by atoms with van der Waals surface area (Å²) in [5.41, 5.74) is 9.17. The lowest BCUT2D eigenvalue weighted by Gasteiger charge is -2.50. The molecular formula is C45H40N4. The molecule has 2 saturated carbocycles. The Balaban J connectivity index is 1.24. The molecule has 49 heavy (non-hydrogen) atoms. The van der Waals surface area contributed by atoms with Gasteiger partial charge in [-0.05, 0) is 83.6 Å². The van der Waals surface area contributed by atoms with Crippen LogP contribution in [0.4, 0.5) is 0 Å². The minimum Gasteiger partial charge on any atom is -0.208 e. The first-order chi connectivity index (χ1) is 24.0. The van der Waals surface area contributed by atoms with Crippen molar-refractivity contribution in [1.82, 2.24) is 15.0 Å². The molecule has 5 aromatic carbocycles. The molecule has 0 radical (unpaired) electrons. The van der Waals surface area contributed by atoms with Gasteiger partial charge in [0.1, 0.15) is 0 Å². The number of aromatic nitrogens is 3. The number of benzene rings is 5. The second-order valence-electron chi connectivity index (χ2n) is 14.4. The lowest BCUT2D eigenvalue weighted by Crippen LogP contribution is -2.42. The summed E-state index contributed by atoms with van der Waals surface area (Å²) >= 11 is 0. The van der Waals surface area contributed by atoms with E-state index in [1.54, 1.807) is 0 Å². The van der Waals surface area contributed by atoms with Gasteiger partial charge in [-0.1, -0.05) is 135 Å². The quantitative estimate of drug-likeness (QED) is 0.182. The molecule has 4 atom stereocenters. The molecule has 8 rings (SSSR count). The first-order valence-corrected chi connectivity index (χ1v) is 17.6. The summed E-state index contributed by atoms with van der Waals surface area (Å²) in [7, 11) is 0. The zero-order chi connectivity index (χ0) is 33.4. The SMILES string of the molecule is C[C@@H]1CC2C[C@H](C)CC(c3ccc(-c4ccccc4-c4nc(-c5ccccc5)nc(-c5ccccc5-c5ccccc5C#N)n4)cc3)(C2)C1. The Kier molecular flexibility index (Phi) is 8.14.